The molecule has 2 unspecified atom stereocenters. The van der Waals surface area contributed by atoms with E-state index in [1.165, 1.54) is 31.7 Å². The third kappa shape index (κ3) is 2.36. The fourth-order valence-electron chi connectivity index (χ4n) is 3.09. The quantitative estimate of drug-likeness (QED) is 0.481. The third-order valence-electron chi connectivity index (χ3n) is 4.23. The molecule has 0 aromatic carbocycles. The van der Waals surface area contributed by atoms with Crippen LogP contribution in [0.5, 0.6) is 0 Å². The van der Waals surface area contributed by atoms with Gasteiger partial charge in [-0.15, -0.1) is 0 Å². The van der Waals surface area contributed by atoms with Gasteiger partial charge >= 0.3 is 0 Å². The van der Waals surface area contributed by atoms with Crippen LogP contribution in [-0.2, 0) is 4.43 Å². The summed E-state index contributed by atoms with van der Waals surface area (Å²) in [6, 6.07) is 1.35. The molecule has 2 atom stereocenters. The van der Waals surface area contributed by atoms with Crippen LogP contribution in [0.2, 0.25) is 19.1 Å². The van der Waals surface area contributed by atoms with Gasteiger partial charge in [-0.25, -0.2) is 0 Å². The molecular weight excluding hydrogens is 200 g/mol. The van der Waals surface area contributed by atoms with Crippen molar-refractivity contribution in [2.75, 3.05) is 0 Å². The standard InChI is InChI=1S/C13H24OSi/c1-11-5-7-12(8-6-11)13(2)9-10-15(3,4)14-13/h5,12H,6-10H2,1-4H3. The topological polar surface area (TPSA) is 9.23 Å². The van der Waals surface area contributed by atoms with Crippen molar-refractivity contribution in [1.82, 2.24) is 0 Å². The van der Waals surface area contributed by atoms with E-state index < -0.39 is 8.32 Å². The summed E-state index contributed by atoms with van der Waals surface area (Å²) in [6.07, 6.45) is 7.58. The molecule has 2 heteroatoms. The van der Waals surface area contributed by atoms with Crippen molar-refractivity contribution in [3.8, 4) is 0 Å². The van der Waals surface area contributed by atoms with E-state index in [1.807, 2.05) is 0 Å². The molecule has 0 saturated carbocycles. The molecule has 0 radical (unpaired) electrons. The first-order valence-electron chi connectivity index (χ1n) is 6.27. The summed E-state index contributed by atoms with van der Waals surface area (Å²) in [5, 5.41) is 0. The third-order valence-corrected chi connectivity index (χ3v) is 6.71. The van der Waals surface area contributed by atoms with Crippen molar-refractivity contribution in [3.05, 3.63) is 11.6 Å². The van der Waals surface area contributed by atoms with Crippen molar-refractivity contribution in [3.63, 3.8) is 0 Å². The average molecular weight is 224 g/mol. The van der Waals surface area contributed by atoms with E-state index >= 15 is 0 Å². The van der Waals surface area contributed by atoms with Crippen LogP contribution in [0.25, 0.3) is 0 Å². The number of hydrogen-bond acceptors (Lipinski definition) is 1. The molecule has 1 fully saturated rings. The Bertz CT molecular complexity index is 282. The lowest BCUT2D eigenvalue weighted by atomic mass is 9.77. The summed E-state index contributed by atoms with van der Waals surface area (Å²) in [7, 11) is -1.30. The Kier molecular flexibility index (Phi) is 2.84. The van der Waals surface area contributed by atoms with Gasteiger partial charge in [0.05, 0.1) is 5.60 Å². The largest absolute Gasteiger partial charge is 0.412 e. The first-order chi connectivity index (χ1) is 6.91. The summed E-state index contributed by atoms with van der Waals surface area (Å²) >= 11 is 0. The Labute approximate surface area is 95.0 Å². The van der Waals surface area contributed by atoms with E-state index in [1.54, 1.807) is 5.57 Å². The molecule has 1 aliphatic heterocycles. The molecule has 0 N–H and O–H groups in total. The van der Waals surface area contributed by atoms with Crippen LogP contribution in [0, 0.1) is 5.92 Å². The fraction of sp³-hybridized carbons (Fsp3) is 0.846. The second-order valence-electron chi connectivity index (χ2n) is 6.20. The highest BCUT2D eigenvalue weighted by Crippen LogP contribution is 2.45. The van der Waals surface area contributed by atoms with Crippen LogP contribution in [0.4, 0.5) is 0 Å². The molecular formula is C13H24OSi. The van der Waals surface area contributed by atoms with Crippen molar-refractivity contribution in [2.24, 2.45) is 5.92 Å². The van der Waals surface area contributed by atoms with E-state index in [0.29, 0.717) is 0 Å². The second kappa shape index (κ2) is 3.74. The predicted molar refractivity (Wildman–Crippen MR) is 67.5 cm³/mol. The van der Waals surface area contributed by atoms with Gasteiger partial charge in [0.2, 0.25) is 0 Å². The molecule has 2 aliphatic rings. The van der Waals surface area contributed by atoms with Crippen LogP contribution < -0.4 is 0 Å². The molecule has 2 rings (SSSR count). The number of hydrogen-bond donors (Lipinski definition) is 0. The van der Waals surface area contributed by atoms with Crippen LogP contribution in [0.15, 0.2) is 11.6 Å². The molecule has 1 aliphatic carbocycles. The normalized spacial score (nSPS) is 40.3. The Morgan fingerprint density at radius 3 is 2.67 bits per heavy atom. The van der Waals surface area contributed by atoms with Crippen molar-refractivity contribution in [2.45, 2.75) is 64.3 Å². The summed E-state index contributed by atoms with van der Waals surface area (Å²) in [5.41, 5.74) is 1.77. The molecule has 0 spiro atoms. The van der Waals surface area contributed by atoms with E-state index in [2.05, 4.69) is 33.0 Å². The molecule has 1 heterocycles. The summed E-state index contributed by atoms with van der Waals surface area (Å²) in [4.78, 5) is 0. The van der Waals surface area contributed by atoms with Crippen molar-refractivity contribution < 1.29 is 4.43 Å². The highest BCUT2D eigenvalue weighted by atomic mass is 28.4. The summed E-state index contributed by atoms with van der Waals surface area (Å²) < 4.78 is 6.42. The zero-order valence-electron chi connectivity index (χ0n) is 10.6. The van der Waals surface area contributed by atoms with Gasteiger partial charge in [0.15, 0.2) is 8.32 Å². The van der Waals surface area contributed by atoms with Crippen molar-refractivity contribution >= 4 is 8.32 Å². The second-order valence-corrected chi connectivity index (χ2v) is 10.4. The Morgan fingerprint density at radius 1 is 1.47 bits per heavy atom. The first kappa shape index (κ1) is 11.4. The highest BCUT2D eigenvalue weighted by molar-refractivity contribution is 6.71. The Hall–Kier alpha value is -0.0831. The van der Waals surface area contributed by atoms with Crippen LogP contribution in [0.1, 0.15) is 39.5 Å². The number of allylic oxidation sites excluding steroid dienone is 2. The Morgan fingerprint density at radius 2 is 2.20 bits per heavy atom. The minimum atomic E-state index is -1.30. The summed E-state index contributed by atoms with van der Waals surface area (Å²) in [5.74, 6) is 0.774. The van der Waals surface area contributed by atoms with Crippen LogP contribution >= 0.6 is 0 Å². The van der Waals surface area contributed by atoms with Crippen LogP contribution in [0.3, 0.4) is 0 Å². The van der Waals surface area contributed by atoms with Gasteiger partial charge in [-0.2, -0.15) is 0 Å². The monoisotopic (exact) mass is 224 g/mol. The molecule has 0 aromatic rings. The molecule has 1 nitrogen and oxygen atoms in total. The molecule has 86 valence electrons. The van der Waals surface area contributed by atoms with Gasteiger partial charge in [-0.1, -0.05) is 11.6 Å². The van der Waals surface area contributed by atoms with Gasteiger partial charge in [-0.3, -0.25) is 0 Å². The summed E-state index contributed by atoms with van der Waals surface area (Å²) in [6.45, 7) is 9.34. The first-order valence-corrected chi connectivity index (χ1v) is 9.39. The fourth-order valence-corrected chi connectivity index (χ4v) is 5.82. The smallest absolute Gasteiger partial charge is 0.187 e. The SMILES string of the molecule is CC1=CCC(C2(C)CC[Si](C)(C)O2)CC1. The lowest BCUT2D eigenvalue weighted by Crippen LogP contribution is -2.39. The van der Waals surface area contributed by atoms with Gasteiger partial charge in [-0.05, 0) is 64.6 Å². The zero-order valence-corrected chi connectivity index (χ0v) is 11.6. The lowest BCUT2D eigenvalue weighted by molar-refractivity contribution is 0.0333. The zero-order chi connectivity index (χ0) is 11.1. The van der Waals surface area contributed by atoms with E-state index in [4.69, 9.17) is 4.43 Å². The average Bonchev–Trinajstić information content (AvgIpc) is 2.43. The van der Waals surface area contributed by atoms with Gasteiger partial charge in [0.25, 0.3) is 0 Å². The van der Waals surface area contributed by atoms with E-state index in [0.717, 1.165) is 5.92 Å². The minimum Gasteiger partial charge on any atom is -0.412 e. The molecule has 0 amide bonds. The molecule has 1 saturated heterocycles. The van der Waals surface area contributed by atoms with Crippen LogP contribution in [-0.4, -0.2) is 13.9 Å². The van der Waals surface area contributed by atoms with E-state index in [9.17, 15) is 0 Å². The van der Waals surface area contributed by atoms with Crippen molar-refractivity contribution in [1.29, 1.82) is 0 Å². The number of rotatable bonds is 1. The maximum atomic E-state index is 6.42. The molecule has 0 aromatic heterocycles. The Balaban J connectivity index is 2.05. The van der Waals surface area contributed by atoms with Gasteiger partial charge < -0.3 is 4.43 Å². The highest BCUT2D eigenvalue weighted by Gasteiger charge is 2.46. The van der Waals surface area contributed by atoms with Gasteiger partial charge in [0.1, 0.15) is 0 Å². The molecule has 0 bridgehead atoms. The maximum absolute atomic E-state index is 6.42. The van der Waals surface area contributed by atoms with Gasteiger partial charge in [0, 0.05) is 0 Å². The maximum Gasteiger partial charge on any atom is 0.187 e. The minimum absolute atomic E-state index is 0.201. The van der Waals surface area contributed by atoms with E-state index in [-0.39, 0.29) is 5.60 Å². The lowest BCUT2D eigenvalue weighted by Gasteiger charge is -2.37. The predicted octanol–water partition coefficient (Wildman–Crippen LogP) is 4.12. The molecule has 15 heavy (non-hydrogen) atoms.